The Bertz CT molecular complexity index is 431. The number of thiocarbonyl (C=S) groups is 1. The Hall–Kier alpha value is -0.260. The molecule has 0 radical (unpaired) electrons. The summed E-state index contributed by atoms with van der Waals surface area (Å²) in [4.78, 5) is 0.437. The molecule has 0 atom stereocenters. The number of halogens is 1. The van der Waals surface area contributed by atoms with Gasteiger partial charge in [0, 0.05) is 22.3 Å². The van der Waals surface area contributed by atoms with Crippen LogP contribution in [0.1, 0.15) is 18.4 Å². The van der Waals surface area contributed by atoms with Gasteiger partial charge in [-0.25, -0.2) is 0 Å². The van der Waals surface area contributed by atoms with Crippen LogP contribution in [0.3, 0.4) is 0 Å². The van der Waals surface area contributed by atoms with Gasteiger partial charge in [-0.05, 0) is 64.4 Å². The van der Waals surface area contributed by atoms with Gasteiger partial charge < -0.3 is 11.1 Å². The molecular weight excluding hydrogens is 328 g/mol. The van der Waals surface area contributed by atoms with E-state index in [1.807, 2.05) is 18.2 Å². The van der Waals surface area contributed by atoms with Gasteiger partial charge in [0.05, 0.1) is 0 Å². The van der Waals surface area contributed by atoms with Crippen molar-refractivity contribution in [3.05, 3.63) is 28.2 Å². The molecule has 0 unspecified atom stereocenters. The Morgan fingerprint density at radius 1 is 1.44 bits per heavy atom. The van der Waals surface area contributed by atoms with Crippen molar-refractivity contribution in [2.75, 3.05) is 23.4 Å². The first-order valence-electron chi connectivity index (χ1n) is 6.08. The summed E-state index contributed by atoms with van der Waals surface area (Å²) in [5, 5.41) is 3.51. The largest absolute Gasteiger partial charge is 0.389 e. The van der Waals surface area contributed by atoms with Crippen molar-refractivity contribution in [2.45, 2.75) is 12.8 Å². The number of anilines is 1. The summed E-state index contributed by atoms with van der Waals surface area (Å²) >= 11 is 10.6. The highest BCUT2D eigenvalue weighted by atomic mass is 79.9. The van der Waals surface area contributed by atoms with Crippen LogP contribution in [0.2, 0.25) is 0 Å². The van der Waals surface area contributed by atoms with Crippen molar-refractivity contribution in [1.29, 1.82) is 0 Å². The maximum atomic E-state index is 5.61. The molecule has 1 fully saturated rings. The highest BCUT2D eigenvalue weighted by Crippen LogP contribution is 2.26. The minimum atomic E-state index is 0.437. The van der Waals surface area contributed by atoms with E-state index in [-0.39, 0.29) is 0 Å². The fourth-order valence-corrected chi connectivity index (χ4v) is 3.87. The van der Waals surface area contributed by atoms with Crippen LogP contribution in [0, 0.1) is 5.92 Å². The Kier molecular flexibility index (Phi) is 5.33. The van der Waals surface area contributed by atoms with E-state index in [0.29, 0.717) is 4.99 Å². The molecule has 0 aliphatic carbocycles. The Morgan fingerprint density at radius 3 is 2.78 bits per heavy atom. The molecule has 98 valence electrons. The second-order valence-corrected chi connectivity index (χ2v) is 7.01. The van der Waals surface area contributed by atoms with Gasteiger partial charge in [-0.15, -0.1) is 0 Å². The van der Waals surface area contributed by atoms with Crippen LogP contribution in [0.4, 0.5) is 5.69 Å². The van der Waals surface area contributed by atoms with E-state index in [4.69, 9.17) is 18.0 Å². The minimum absolute atomic E-state index is 0.437. The second-order valence-electron chi connectivity index (χ2n) is 4.50. The molecule has 2 rings (SSSR count). The minimum Gasteiger partial charge on any atom is -0.389 e. The summed E-state index contributed by atoms with van der Waals surface area (Å²) in [5.41, 5.74) is 7.63. The predicted octanol–water partition coefficient (Wildman–Crippen LogP) is 3.64. The maximum Gasteiger partial charge on any atom is 0.104 e. The fourth-order valence-electron chi connectivity index (χ4n) is 2.02. The molecule has 1 aliphatic rings. The van der Waals surface area contributed by atoms with Gasteiger partial charge in [0.15, 0.2) is 0 Å². The Labute approximate surface area is 126 Å². The number of nitrogens with two attached hydrogens (primary N) is 1. The van der Waals surface area contributed by atoms with Crippen LogP contribution < -0.4 is 11.1 Å². The first-order valence-corrected chi connectivity index (χ1v) is 8.43. The third-order valence-electron chi connectivity index (χ3n) is 3.18. The van der Waals surface area contributed by atoms with Crippen LogP contribution in [0.25, 0.3) is 0 Å². The van der Waals surface area contributed by atoms with Crippen LogP contribution in [0.15, 0.2) is 22.7 Å². The smallest absolute Gasteiger partial charge is 0.104 e. The van der Waals surface area contributed by atoms with E-state index >= 15 is 0 Å². The van der Waals surface area contributed by atoms with Crippen molar-refractivity contribution in [3.63, 3.8) is 0 Å². The van der Waals surface area contributed by atoms with Gasteiger partial charge in [-0.3, -0.25) is 0 Å². The average Bonchev–Trinajstić information content (AvgIpc) is 2.38. The normalized spacial score (nSPS) is 16.5. The molecule has 5 heteroatoms. The zero-order valence-electron chi connectivity index (χ0n) is 10.1. The molecule has 1 aliphatic heterocycles. The molecule has 1 aromatic carbocycles. The Morgan fingerprint density at radius 2 is 2.17 bits per heavy atom. The highest BCUT2D eigenvalue weighted by molar-refractivity contribution is 9.10. The topological polar surface area (TPSA) is 38.0 Å². The molecule has 2 nitrogen and oxygen atoms in total. The SMILES string of the molecule is NC(=S)c1ccc(NCC2CCSCC2)c(Br)c1. The monoisotopic (exact) mass is 344 g/mol. The molecule has 1 saturated heterocycles. The third kappa shape index (κ3) is 3.87. The van der Waals surface area contributed by atoms with E-state index in [1.54, 1.807) is 0 Å². The van der Waals surface area contributed by atoms with Crippen LogP contribution in [-0.2, 0) is 0 Å². The number of thioether (sulfide) groups is 1. The van der Waals surface area contributed by atoms with E-state index < -0.39 is 0 Å². The van der Waals surface area contributed by atoms with Crippen LogP contribution >= 0.6 is 39.9 Å². The quantitative estimate of drug-likeness (QED) is 0.817. The molecule has 18 heavy (non-hydrogen) atoms. The third-order valence-corrected chi connectivity index (χ3v) is 5.12. The molecule has 0 saturated carbocycles. The molecule has 1 heterocycles. The van der Waals surface area contributed by atoms with Crippen LogP contribution in [0.5, 0.6) is 0 Å². The standard InChI is InChI=1S/C13H17BrN2S2/c14-11-7-10(13(15)17)1-2-12(11)16-8-9-3-5-18-6-4-9/h1-2,7,9,16H,3-6,8H2,(H2,15,17). The summed E-state index contributed by atoms with van der Waals surface area (Å²) in [5.74, 6) is 3.40. The summed E-state index contributed by atoms with van der Waals surface area (Å²) in [6, 6.07) is 5.98. The zero-order chi connectivity index (χ0) is 13.0. The van der Waals surface area contributed by atoms with Crippen molar-refractivity contribution in [1.82, 2.24) is 0 Å². The molecule has 0 bridgehead atoms. The van der Waals surface area contributed by atoms with Crippen LogP contribution in [-0.4, -0.2) is 23.0 Å². The van der Waals surface area contributed by atoms with E-state index in [1.165, 1.54) is 24.3 Å². The average molecular weight is 345 g/mol. The van der Waals surface area contributed by atoms with Gasteiger partial charge in [0.25, 0.3) is 0 Å². The second kappa shape index (κ2) is 6.78. The molecule has 0 amide bonds. The number of rotatable bonds is 4. The van der Waals surface area contributed by atoms with Gasteiger partial charge >= 0.3 is 0 Å². The lowest BCUT2D eigenvalue weighted by Gasteiger charge is -2.22. The first kappa shape index (κ1) is 14.2. The predicted molar refractivity (Wildman–Crippen MR) is 88.6 cm³/mol. The maximum absolute atomic E-state index is 5.61. The van der Waals surface area contributed by atoms with Gasteiger partial charge in [0.2, 0.25) is 0 Å². The molecule has 1 aromatic rings. The lowest BCUT2D eigenvalue weighted by Crippen LogP contribution is -2.19. The highest BCUT2D eigenvalue weighted by Gasteiger charge is 2.13. The van der Waals surface area contributed by atoms with E-state index in [2.05, 4.69) is 33.0 Å². The van der Waals surface area contributed by atoms with Crippen molar-refractivity contribution >= 4 is 50.6 Å². The Balaban J connectivity index is 1.94. The van der Waals surface area contributed by atoms with Crippen molar-refractivity contribution < 1.29 is 0 Å². The lowest BCUT2D eigenvalue weighted by molar-refractivity contribution is 0.516. The molecule has 0 spiro atoms. The zero-order valence-corrected chi connectivity index (χ0v) is 13.3. The summed E-state index contributed by atoms with van der Waals surface area (Å²) in [6.07, 6.45) is 2.64. The number of hydrogen-bond donors (Lipinski definition) is 2. The fraction of sp³-hybridized carbons (Fsp3) is 0.462. The number of nitrogens with one attached hydrogen (secondary N) is 1. The van der Waals surface area contributed by atoms with E-state index in [9.17, 15) is 0 Å². The molecular formula is C13H17BrN2S2. The van der Waals surface area contributed by atoms with Crippen molar-refractivity contribution in [3.8, 4) is 0 Å². The van der Waals surface area contributed by atoms with Gasteiger partial charge in [-0.1, -0.05) is 12.2 Å². The summed E-state index contributed by atoms with van der Waals surface area (Å²) in [6.45, 7) is 1.05. The first-order chi connectivity index (χ1) is 8.66. The number of benzene rings is 1. The summed E-state index contributed by atoms with van der Waals surface area (Å²) in [7, 11) is 0. The van der Waals surface area contributed by atoms with Gasteiger partial charge in [-0.2, -0.15) is 11.8 Å². The van der Waals surface area contributed by atoms with Gasteiger partial charge in [0.1, 0.15) is 4.99 Å². The molecule has 3 N–H and O–H groups in total. The lowest BCUT2D eigenvalue weighted by atomic mass is 10.0. The number of hydrogen-bond acceptors (Lipinski definition) is 3. The summed E-state index contributed by atoms with van der Waals surface area (Å²) < 4.78 is 1.03. The van der Waals surface area contributed by atoms with Crippen molar-refractivity contribution in [2.24, 2.45) is 11.7 Å². The van der Waals surface area contributed by atoms with E-state index in [0.717, 1.165) is 28.2 Å². The molecule has 0 aromatic heterocycles.